The molecule has 2 aromatic rings. The normalized spacial score (nSPS) is 12.5. The third kappa shape index (κ3) is 5.22. The average Bonchev–Trinajstić information content (AvgIpc) is 2.59. The zero-order valence-electron chi connectivity index (χ0n) is 15.7. The van der Waals surface area contributed by atoms with Gasteiger partial charge in [0.25, 0.3) is 0 Å². The molecule has 2 rings (SSSR count). The average molecular weight is 411 g/mol. The molecule has 0 radical (unpaired) electrons. The lowest BCUT2D eigenvalue weighted by Crippen LogP contribution is -2.41. The molecule has 0 aliphatic heterocycles. The molecule has 0 spiro atoms. The molecule has 2 N–H and O–H groups in total. The highest BCUT2D eigenvalue weighted by molar-refractivity contribution is 7.89. The molecule has 0 heterocycles. The maximum atomic E-state index is 12.6. The first kappa shape index (κ1) is 21.2. The predicted octanol–water partition coefficient (Wildman–Crippen LogP) is 3.66. The third-order valence-corrected chi connectivity index (χ3v) is 5.80. The van der Waals surface area contributed by atoms with E-state index in [9.17, 15) is 13.2 Å². The molecule has 0 saturated carbocycles. The van der Waals surface area contributed by atoms with Gasteiger partial charge in [-0.15, -0.1) is 0 Å². The Labute approximate surface area is 164 Å². The van der Waals surface area contributed by atoms with Gasteiger partial charge >= 0.3 is 0 Å². The smallest absolute Gasteiger partial charge is 0.242 e. The molecule has 0 aromatic heterocycles. The Bertz CT molecular complexity index is 924. The molecule has 2 aromatic carbocycles. The van der Waals surface area contributed by atoms with Crippen LogP contribution in [0, 0.1) is 13.8 Å². The van der Waals surface area contributed by atoms with Gasteiger partial charge in [-0.1, -0.05) is 29.8 Å². The summed E-state index contributed by atoms with van der Waals surface area (Å²) in [6, 6.07) is 8.84. The number of carbonyl (C=O) groups excluding carboxylic acids is 1. The van der Waals surface area contributed by atoms with Gasteiger partial charge in [0, 0.05) is 5.69 Å². The minimum Gasteiger partial charge on any atom is -0.492 e. The molecule has 0 fully saturated rings. The standard InChI is InChI=1S/C19H23ClN2O4S/c1-5-26-17-10-9-15(11-16(17)20)27(24,25)22-14(4)19(23)21-18-12(2)7-6-8-13(18)3/h6-11,14,22H,5H2,1-4H3,(H,21,23)/t14-/m1/s1. The van der Waals surface area contributed by atoms with Gasteiger partial charge in [0.2, 0.25) is 15.9 Å². The van der Waals surface area contributed by atoms with Crippen LogP contribution in [0.2, 0.25) is 5.02 Å². The highest BCUT2D eigenvalue weighted by atomic mass is 35.5. The van der Waals surface area contributed by atoms with Crippen LogP contribution in [0.15, 0.2) is 41.3 Å². The van der Waals surface area contributed by atoms with Gasteiger partial charge in [-0.25, -0.2) is 8.42 Å². The van der Waals surface area contributed by atoms with Crippen LogP contribution in [0.25, 0.3) is 0 Å². The molecular weight excluding hydrogens is 388 g/mol. The maximum Gasteiger partial charge on any atom is 0.242 e. The van der Waals surface area contributed by atoms with E-state index < -0.39 is 22.0 Å². The topological polar surface area (TPSA) is 84.5 Å². The fourth-order valence-corrected chi connectivity index (χ4v) is 4.05. The van der Waals surface area contributed by atoms with Crippen LogP contribution in [-0.2, 0) is 14.8 Å². The number of amides is 1. The lowest BCUT2D eigenvalue weighted by Gasteiger charge is -2.17. The number of nitrogens with one attached hydrogen (secondary N) is 2. The minimum absolute atomic E-state index is 0.0392. The van der Waals surface area contributed by atoms with Gasteiger partial charge in [0.05, 0.1) is 22.6 Å². The lowest BCUT2D eigenvalue weighted by molar-refractivity contribution is -0.117. The van der Waals surface area contributed by atoms with Crippen LogP contribution in [-0.4, -0.2) is 27.0 Å². The summed E-state index contributed by atoms with van der Waals surface area (Å²) in [5.41, 5.74) is 2.48. The zero-order chi connectivity index (χ0) is 20.2. The SMILES string of the molecule is CCOc1ccc(S(=O)(=O)N[C@H](C)C(=O)Nc2c(C)cccc2C)cc1Cl. The van der Waals surface area contributed by atoms with Gasteiger partial charge in [-0.2, -0.15) is 4.72 Å². The Morgan fingerprint density at radius 3 is 2.37 bits per heavy atom. The van der Waals surface area contributed by atoms with Crippen molar-refractivity contribution in [2.75, 3.05) is 11.9 Å². The van der Waals surface area contributed by atoms with Crippen molar-refractivity contribution in [1.82, 2.24) is 4.72 Å². The molecule has 27 heavy (non-hydrogen) atoms. The summed E-state index contributed by atoms with van der Waals surface area (Å²) in [7, 11) is -3.92. The summed E-state index contributed by atoms with van der Waals surface area (Å²) in [4.78, 5) is 12.4. The van der Waals surface area contributed by atoms with Gasteiger partial charge in [0.15, 0.2) is 0 Å². The second kappa shape index (κ2) is 8.73. The van der Waals surface area contributed by atoms with Crippen molar-refractivity contribution in [1.29, 1.82) is 0 Å². The molecule has 0 saturated heterocycles. The number of hydrogen-bond donors (Lipinski definition) is 2. The lowest BCUT2D eigenvalue weighted by atomic mass is 10.1. The molecule has 0 aliphatic rings. The second-order valence-corrected chi connectivity index (χ2v) is 8.25. The quantitative estimate of drug-likeness (QED) is 0.729. The summed E-state index contributed by atoms with van der Waals surface area (Å²) in [6.07, 6.45) is 0. The Morgan fingerprint density at radius 1 is 1.19 bits per heavy atom. The van der Waals surface area contributed by atoms with Crippen LogP contribution in [0.1, 0.15) is 25.0 Å². The van der Waals surface area contributed by atoms with Crippen LogP contribution in [0.3, 0.4) is 0 Å². The molecule has 6 nitrogen and oxygen atoms in total. The van der Waals surface area contributed by atoms with Crippen molar-refractivity contribution in [3.05, 3.63) is 52.5 Å². The van der Waals surface area contributed by atoms with Crippen molar-refractivity contribution in [3.63, 3.8) is 0 Å². The molecule has 1 atom stereocenters. The Hall–Kier alpha value is -2.09. The van der Waals surface area contributed by atoms with Crippen molar-refractivity contribution in [2.45, 2.75) is 38.6 Å². The number of aryl methyl sites for hydroxylation is 2. The fourth-order valence-electron chi connectivity index (χ4n) is 2.52. The second-order valence-electron chi connectivity index (χ2n) is 6.12. The highest BCUT2D eigenvalue weighted by Gasteiger charge is 2.23. The van der Waals surface area contributed by atoms with Crippen molar-refractivity contribution >= 4 is 33.2 Å². The van der Waals surface area contributed by atoms with E-state index in [0.717, 1.165) is 11.1 Å². The van der Waals surface area contributed by atoms with Crippen molar-refractivity contribution in [2.24, 2.45) is 0 Å². The molecule has 146 valence electrons. The van der Waals surface area contributed by atoms with Crippen LogP contribution in [0.4, 0.5) is 5.69 Å². The predicted molar refractivity (Wildman–Crippen MR) is 107 cm³/mol. The van der Waals surface area contributed by atoms with E-state index in [4.69, 9.17) is 16.3 Å². The molecule has 0 bridgehead atoms. The number of carbonyl (C=O) groups is 1. The Kier molecular flexibility index (Phi) is 6.86. The number of sulfonamides is 1. The first-order chi connectivity index (χ1) is 12.7. The number of hydrogen-bond acceptors (Lipinski definition) is 4. The summed E-state index contributed by atoms with van der Waals surface area (Å²) in [5, 5.41) is 2.96. The number of halogens is 1. The van der Waals surface area contributed by atoms with Crippen LogP contribution >= 0.6 is 11.6 Å². The van der Waals surface area contributed by atoms with Gasteiger partial charge in [-0.3, -0.25) is 4.79 Å². The molecular formula is C19H23ClN2O4S. The minimum atomic E-state index is -3.92. The van der Waals surface area contributed by atoms with E-state index in [1.807, 2.05) is 32.0 Å². The maximum absolute atomic E-state index is 12.6. The van der Waals surface area contributed by atoms with E-state index >= 15 is 0 Å². The number of para-hydroxylation sites is 1. The van der Waals surface area contributed by atoms with E-state index in [-0.39, 0.29) is 9.92 Å². The molecule has 0 aliphatic carbocycles. The summed E-state index contributed by atoms with van der Waals surface area (Å²) >= 11 is 6.06. The Morgan fingerprint density at radius 2 is 1.81 bits per heavy atom. The fraction of sp³-hybridized carbons (Fsp3) is 0.316. The summed E-state index contributed by atoms with van der Waals surface area (Å²) in [5.74, 6) is -0.0491. The van der Waals surface area contributed by atoms with Crippen LogP contribution < -0.4 is 14.8 Å². The summed E-state index contributed by atoms with van der Waals surface area (Å²) in [6.45, 7) is 7.45. The highest BCUT2D eigenvalue weighted by Crippen LogP contribution is 2.27. The van der Waals surface area contributed by atoms with E-state index in [1.54, 1.807) is 6.92 Å². The molecule has 1 amide bonds. The van der Waals surface area contributed by atoms with E-state index in [1.165, 1.54) is 25.1 Å². The van der Waals surface area contributed by atoms with Gasteiger partial charge in [-0.05, 0) is 57.0 Å². The first-order valence-electron chi connectivity index (χ1n) is 8.47. The van der Waals surface area contributed by atoms with Crippen LogP contribution in [0.5, 0.6) is 5.75 Å². The number of rotatable bonds is 7. The first-order valence-corrected chi connectivity index (χ1v) is 10.3. The molecule has 8 heteroatoms. The van der Waals surface area contributed by atoms with Gasteiger partial charge < -0.3 is 10.1 Å². The van der Waals surface area contributed by atoms with E-state index in [2.05, 4.69) is 10.0 Å². The number of benzene rings is 2. The largest absolute Gasteiger partial charge is 0.492 e. The van der Waals surface area contributed by atoms with Gasteiger partial charge in [0.1, 0.15) is 5.75 Å². The third-order valence-electron chi connectivity index (χ3n) is 3.97. The number of ether oxygens (including phenoxy) is 1. The molecule has 0 unspecified atom stereocenters. The van der Waals surface area contributed by atoms with E-state index in [0.29, 0.717) is 18.0 Å². The van der Waals surface area contributed by atoms with Crippen molar-refractivity contribution in [3.8, 4) is 5.75 Å². The monoisotopic (exact) mass is 410 g/mol. The van der Waals surface area contributed by atoms with Crippen molar-refractivity contribution < 1.29 is 17.9 Å². The zero-order valence-corrected chi connectivity index (χ0v) is 17.2. The number of anilines is 1. The summed E-state index contributed by atoms with van der Waals surface area (Å²) < 4.78 is 32.8. The Balaban J connectivity index is 2.14.